The normalized spacial score (nSPS) is 26.9. The predicted molar refractivity (Wildman–Crippen MR) is 74.8 cm³/mol. The molecule has 1 saturated heterocycles. The number of carboxylic acid groups (broad SMARTS) is 1. The van der Waals surface area contributed by atoms with Crippen molar-refractivity contribution in [2.24, 2.45) is 0 Å². The van der Waals surface area contributed by atoms with E-state index < -0.39 is 18.1 Å². The zero-order valence-corrected chi connectivity index (χ0v) is 12.1. The molecule has 7 nitrogen and oxygen atoms in total. The lowest BCUT2D eigenvalue weighted by atomic mass is 9.94. The third-order valence-corrected chi connectivity index (χ3v) is 4.41. The van der Waals surface area contributed by atoms with Gasteiger partial charge in [0.05, 0.1) is 12.7 Å². The topological polar surface area (TPSA) is 101 Å². The summed E-state index contributed by atoms with van der Waals surface area (Å²) >= 11 is 0. The second-order valence-corrected chi connectivity index (χ2v) is 5.89. The molecule has 2 amide bonds. The second-order valence-electron chi connectivity index (χ2n) is 5.89. The van der Waals surface area contributed by atoms with E-state index in [0.29, 0.717) is 0 Å². The number of aliphatic carboxylic acids is 1. The van der Waals surface area contributed by atoms with Crippen molar-refractivity contribution in [3.8, 4) is 0 Å². The zero-order valence-electron chi connectivity index (χ0n) is 12.1. The van der Waals surface area contributed by atoms with Gasteiger partial charge in [-0.2, -0.15) is 0 Å². The number of urea groups is 1. The Hall–Kier alpha value is -1.34. The van der Waals surface area contributed by atoms with Gasteiger partial charge < -0.3 is 25.1 Å². The zero-order chi connectivity index (χ0) is 15.4. The van der Waals surface area contributed by atoms with E-state index in [9.17, 15) is 24.9 Å². The summed E-state index contributed by atoms with van der Waals surface area (Å²) in [5.41, 5.74) is 0. The fourth-order valence-corrected chi connectivity index (χ4v) is 3.36. The molecule has 7 heteroatoms. The van der Waals surface area contributed by atoms with Gasteiger partial charge in [-0.25, -0.2) is 9.59 Å². The molecule has 0 bridgehead atoms. The molecule has 3 N–H and O–H groups in total. The van der Waals surface area contributed by atoms with Crippen molar-refractivity contribution in [2.45, 2.75) is 56.7 Å². The van der Waals surface area contributed by atoms with Crippen molar-refractivity contribution in [2.75, 3.05) is 19.7 Å². The SMILES string of the molecule is O=C(O)C1CC(O)CN1C(=O)N(CCO)C1CCCCC1. The third-order valence-electron chi connectivity index (χ3n) is 4.41. The Bertz CT molecular complexity index is 384. The van der Waals surface area contributed by atoms with Gasteiger partial charge in [-0.1, -0.05) is 19.3 Å². The first-order chi connectivity index (χ1) is 10.0. The van der Waals surface area contributed by atoms with Gasteiger partial charge in [0.15, 0.2) is 0 Å². The van der Waals surface area contributed by atoms with Crippen molar-refractivity contribution in [3.05, 3.63) is 0 Å². The summed E-state index contributed by atoms with van der Waals surface area (Å²) in [7, 11) is 0. The van der Waals surface area contributed by atoms with Crippen molar-refractivity contribution >= 4 is 12.0 Å². The first-order valence-corrected chi connectivity index (χ1v) is 7.63. The predicted octanol–water partition coefficient (Wildman–Crippen LogP) is 0.253. The molecule has 1 heterocycles. The molecule has 0 aromatic rings. The van der Waals surface area contributed by atoms with Crippen LogP contribution in [0.2, 0.25) is 0 Å². The number of hydrogen-bond donors (Lipinski definition) is 3. The lowest BCUT2D eigenvalue weighted by molar-refractivity contribution is -0.141. The molecular formula is C14H24N2O5. The molecule has 1 saturated carbocycles. The molecule has 2 aliphatic rings. The van der Waals surface area contributed by atoms with E-state index in [0.717, 1.165) is 32.1 Å². The standard InChI is InChI=1S/C14H24N2O5/c17-7-6-15(10-4-2-1-3-5-10)14(21)16-9-11(18)8-12(16)13(19)20/h10-12,17-18H,1-9H2,(H,19,20). The minimum Gasteiger partial charge on any atom is -0.480 e. The van der Waals surface area contributed by atoms with E-state index in [4.69, 9.17) is 0 Å². The van der Waals surface area contributed by atoms with Gasteiger partial charge in [-0.05, 0) is 12.8 Å². The van der Waals surface area contributed by atoms with Gasteiger partial charge in [0.25, 0.3) is 0 Å². The molecule has 2 unspecified atom stereocenters. The Balaban J connectivity index is 2.11. The highest BCUT2D eigenvalue weighted by Crippen LogP contribution is 2.26. The molecule has 2 atom stereocenters. The van der Waals surface area contributed by atoms with Crippen molar-refractivity contribution in [1.29, 1.82) is 0 Å². The fraction of sp³-hybridized carbons (Fsp3) is 0.857. The van der Waals surface area contributed by atoms with Crippen LogP contribution in [0.4, 0.5) is 4.79 Å². The first-order valence-electron chi connectivity index (χ1n) is 7.63. The molecule has 21 heavy (non-hydrogen) atoms. The summed E-state index contributed by atoms with van der Waals surface area (Å²) in [5, 5.41) is 28.1. The number of amides is 2. The quantitative estimate of drug-likeness (QED) is 0.691. The Morgan fingerprint density at radius 3 is 2.43 bits per heavy atom. The third kappa shape index (κ3) is 3.65. The number of nitrogens with zero attached hydrogens (tertiary/aromatic N) is 2. The smallest absolute Gasteiger partial charge is 0.326 e. The largest absolute Gasteiger partial charge is 0.480 e. The fourth-order valence-electron chi connectivity index (χ4n) is 3.36. The molecule has 2 fully saturated rings. The first kappa shape index (κ1) is 16.0. The monoisotopic (exact) mass is 300 g/mol. The Labute approximate surface area is 124 Å². The highest BCUT2D eigenvalue weighted by molar-refractivity contribution is 5.83. The number of β-amino-alcohol motifs (C(OH)–C–C–N with tert-alkyl or cyclic N) is 1. The Kier molecular flexibility index (Phi) is 5.41. The Morgan fingerprint density at radius 2 is 1.86 bits per heavy atom. The molecule has 2 rings (SSSR count). The lowest BCUT2D eigenvalue weighted by Gasteiger charge is -2.37. The molecule has 0 radical (unpaired) electrons. The van der Waals surface area contributed by atoms with Crippen molar-refractivity contribution in [3.63, 3.8) is 0 Å². The van der Waals surface area contributed by atoms with Gasteiger partial charge in [0.1, 0.15) is 6.04 Å². The van der Waals surface area contributed by atoms with Crippen LogP contribution in [0.1, 0.15) is 38.5 Å². The second kappa shape index (κ2) is 7.09. The minimum absolute atomic E-state index is 0.0461. The van der Waals surface area contributed by atoms with Crippen LogP contribution in [0.15, 0.2) is 0 Å². The molecule has 1 aliphatic heterocycles. The number of carboxylic acids is 1. The number of aliphatic hydroxyl groups is 2. The number of carbonyl (C=O) groups is 2. The summed E-state index contributed by atoms with van der Waals surface area (Å²) in [6.45, 7) is 0.114. The maximum absolute atomic E-state index is 12.7. The van der Waals surface area contributed by atoms with E-state index in [1.54, 1.807) is 4.90 Å². The van der Waals surface area contributed by atoms with Crippen LogP contribution in [-0.4, -0.2) is 75.0 Å². The van der Waals surface area contributed by atoms with E-state index in [1.165, 1.54) is 4.90 Å². The molecule has 120 valence electrons. The van der Waals surface area contributed by atoms with Crippen LogP contribution in [-0.2, 0) is 4.79 Å². The maximum Gasteiger partial charge on any atom is 0.326 e. The average molecular weight is 300 g/mol. The average Bonchev–Trinajstić information content (AvgIpc) is 2.87. The Morgan fingerprint density at radius 1 is 1.19 bits per heavy atom. The molecule has 1 aliphatic carbocycles. The van der Waals surface area contributed by atoms with Crippen LogP contribution in [0.25, 0.3) is 0 Å². The summed E-state index contributed by atoms with van der Waals surface area (Å²) in [4.78, 5) is 26.7. The van der Waals surface area contributed by atoms with Gasteiger partial charge in [0, 0.05) is 25.6 Å². The summed E-state index contributed by atoms with van der Waals surface area (Å²) in [6.07, 6.45) is 4.30. The molecule has 0 spiro atoms. The summed E-state index contributed by atoms with van der Waals surface area (Å²) in [6, 6.07) is -1.29. The maximum atomic E-state index is 12.7. The summed E-state index contributed by atoms with van der Waals surface area (Å²) < 4.78 is 0. The number of likely N-dealkylation sites (tertiary alicyclic amines) is 1. The minimum atomic E-state index is -1.09. The van der Waals surface area contributed by atoms with Gasteiger partial charge in [-0.15, -0.1) is 0 Å². The highest BCUT2D eigenvalue weighted by atomic mass is 16.4. The lowest BCUT2D eigenvalue weighted by Crippen LogP contribution is -2.52. The van der Waals surface area contributed by atoms with E-state index in [2.05, 4.69) is 0 Å². The molecule has 0 aromatic carbocycles. The summed E-state index contributed by atoms with van der Waals surface area (Å²) in [5.74, 6) is -1.09. The van der Waals surface area contributed by atoms with Crippen LogP contribution in [0.3, 0.4) is 0 Å². The number of aliphatic hydroxyl groups excluding tert-OH is 2. The van der Waals surface area contributed by atoms with E-state index >= 15 is 0 Å². The number of hydrogen-bond acceptors (Lipinski definition) is 4. The number of carbonyl (C=O) groups excluding carboxylic acids is 1. The van der Waals surface area contributed by atoms with Gasteiger partial charge in [-0.3, -0.25) is 0 Å². The van der Waals surface area contributed by atoms with Gasteiger partial charge >= 0.3 is 12.0 Å². The number of rotatable bonds is 4. The van der Waals surface area contributed by atoms with Gasteiger partial charge in [0.2, 0.25) is 0 Å². The van der Waals surface area contributed by atoms with Crippen LogP contribution < -0.4 is 0 Å². The highest BCUT2D eigenvalue weighted by Gasteiger charge is 2.41. The van der Waals surface area contributed by atoms with Crippen LogP contribution in [0.5, 0.6) is 0 Å². The van der Waals surface area contributed by atoms with E-state index in [-0.39, 0.29) is 38.2 Å². The molecule has 0 aromatic heterocycles. The van der Waals surface area contributed by atoms with Crippen LogP contribution in [0, 0.1) is 0 Å². The van der Waals surface area contributed by atoms with Crippen molar-refractivity contribution in [1.82, 2.24) is 9.80 Å². The van der Waals surface area contributed by atoms with E-state index in [1.807, 2.05) is 0 Å². The van der Waals surface area contributed by atoms with Crippen molar-refractivity contribution < 1.29 is 24.9 Å². The molecular weight excluding hydrogens is 276 g/mol. The van der Waals surface area contributed by atoms with Crippen LogP contribution >= 0.6 is 0 Å².